The molecule has 0 aromatic heterocycles. The van der Waals surface area contributed by atoms with E-state index in [-0.39, 0.29) is 23.8 Å². The fraction of sp³-hybridized carbons (Fsp3) is 0.842. The highest BCUT2D eigenvalue weighted by Crippen LogP contribution is 2.42. The second-order valence-corrected chi connectivity index (χ2v) is 7.47. The van der Waals surface area contributed by atoms with Crippen LogP contribution >= 0.6 is 0 Å². The summed E-state index contributed by atoms with van der Waals surface area (Å²) in [7, 11) is 0. The molecule has 0 spiro atoms. The number of hydrogen-bond acceptors (Lipinski definition) is 3. The van der Waals surface area contributed by atoms with Crippen molar-refractivity contribution in [1.82, 2.24) is 0 Å². The molecule has 0 aromatic rings. The number of carbonyl (C=O) groups is 3. The smallest absolute Gasteiger partial charge is 0.150 e. The minimum atomic E-state index is -0.490. The lowest BCUT2D eigenvalue weighted by Crippen LogP contribution is -2.35. The van der Waals surface area contributed by atoms with Gasteiger partial charge in [-0.2, -0.15) is 0 Å². The molecule has 2 aliphatic carbocycles. The standard InChI is InChI=1S/C19H30O3/c1-3-4-14-5-7-15(8-6-14)16-9-10-18(21)17(12-16)19(22)11-13(2)20/h14-17H,3-12H2,1-2H3. The van der Waals surface area contributed by atoms with Crippen molar-refractivity contribution in [3.63, 3.8) is 0 Å². The SMILES string of the molecule is CCCC1CCC(C2CCC(=O)C(C(=O)CC(C)=O)C2)CC1. The third kappa shape index (κ3) is 4.50. The number of hydrogen-bond donors (Lipinski definition) is 0. The van der Waals surface area contributed by atoms with Gasteiger partial charge in [-0.3, -0.25) is 14.4 Å². The van der Waals surface area contributed by atoms with Crippen LogP contribution in [0.1, 0.15) is 78.1 Å². The number of Topliss-reactive ketones (excluding diaryl/α,β-unsaturated/α-hetero) is 3. The molecule has 3 nitrogen and oxygen atoms in total. The fourth-order valence-electron chi connectivity index (χ4n) is 4.52. The maximum atomic E-state index is 12.1. The summed E-state index contributed by atoms with van der Waals surface area (Å²) in [6, 6.07) is 0. The Morgan fingerprint density at radius 3 is 2.32 bits per heavy atom. The molecular weight excluding hydrogens is 276 g/mol. The van der Waals surface area contributed by atoms with Crippen LogP contribution in [0.4, 0.5) is 0 Å². The molecule has 2 aliphatic rings. The van der Waals surface area contributed by atoms with E-state index in [0.717, 1.165) is 12.3 Å². The van der Waals surface area contributed by atoms with Gasteiger partial charge in [-0.25, -0.2) is 0 Å². The Morgan fingerprint density at radius 1 is 1.05 bits per heavy atom. The molecule has 0 aliphatic heterocycles. The predicted molar refractivity (Wildman–Crippen MR) is 86.5 cm³/mol. The van der Waals surface area contributed by atoms with Gasteiger partial charge in [-0.1, -0.05) is 32.6 Å². The van der Waals surface area contributed by atoms with E-state index in [1.165, 1.54) is 45.4 Å². The summed E-state index contributed by atoms with van der Waals surface area (Å²) in [5.74, 6) is 1.41. The van der Waals surface area contributed by atoms with Crippen LogP contribution in [0.5, 0.6) is 0 Å². The molecule has 0 amide bonds. The van der Waals surface area contributed by atoms with Gasteiger partial charge in [-0.05, 0) is 50.4 Å². The number of ketones is 3. The monoisotopic (exact) mass is 306 g/mol. The molecule has 2 fully saturated rings. The highest BCUT2D eigenvalue weighted by Gasteiger charge is 2.37. The van der Waals surface area contributed by atoms with E-state index < -0.39 is 5.92 Å². The Hall–Kier alpha value is -0.990. The van der Waals surface area contributed by atoms with Crippen LogP contribution in [0.2, 0.25) is 0 Å². The topological polar surface area (TPSA) is 51.2 Å². The van der Waals surface area contributed by atoms with Crippen LogP contribution in [-0.2, 0) is 14.4 Å². The third-order valence-electron chi connectivity index (χ3n) is 5.76. The second-order valence-electron chi connectivity index (χ2n) is 7.47. The first kappa shape index (κ1) is 17.4. The van der Waals surface area contributed by atoms with E-state index in [0.29, 0.717) is 24.7 Å². The average Bonchev–Trinajstić information content (AvgIpc) is 2.48. The highest BCUT2D eigenvalue weighted by atomic mass is 16.2. The summed E-state index contributed by atoms with van der Waals surface area (Å²) in [4.78, 5) is 35.3. The Kier molecular flexibility index (Phi) is 6.34. The molecule has 2 atom stereocenters. The molecular formula is C19H30O3. The van der Waals surface area contributed by atoms with E-state index in [1.54, 1.807) is 0 Å². The van der Waals surface area contributed by atoms with Crippen molar-refractivity contribution in [2.24, 2.45) is 23.7 Å². The van der Waals surface area contributed by atoms with Crippen molar-refractivity contribution in [1.29, 1.82) is 0 Å². The van der Waals surface area contributed by atoms with Crippen molar-refractivity contribution in [2.45, 2.75) is 78.1 Å². The minimum absolute atomic E-state index is 0.0631. The molecule has 2 saturated carbocycles. The van der Waals surface area contributed by atoms with Crippen LogP contribution in [0.3, 0.4) is 0 Å². The second kappa shape index (κ2) is 8.03. The molecule has 124 valence electrons. The average molecular weight is 306 g/mol. The lowest BCUT2D eigenvalue weighted by atomic mass is 9.67. The Labute approximate surface area is 134 Å². The summed E-state index contributed by atoms with van der Waals surface area (Å²) < 4.78 is 0. The lowest BCUT2D eigenvalue weighted by Gasteiger charge is -2.37. The van der Waals surface area contributed by atoms with Crippen LogP contribution in [-0.4, -0.2) is 17.3 Å². The van der Waals surface area contributed by atoms with Crippen molar-refractivity contribution < 1.29 is 14.4 Å². The molecule has 0 aromatic carbocycles. The van der Waals surface area contributed by atoms with E-state index in [9.17, 15) is 14.4 Å². The molecule has 22 heavy (non-hydrogen) atoms. The molecule has 2 unspecified atom stereocenters. The van der Waals surface area contributed by atoms with Crippen molar-refractivity contribution >= 4 is 17.3 Å². The lowest BCUT2D eigenvalue weighted by molar-refractivity contribution is -0.137. The number of rotatable bonds is 6. The van der Waals surface area contributed by atoms with E-state index in [2.05, 4.69) is 6.92 Å². The van der Waals surface area contributed by atoms with Gasteiger partial charge in [0.25, 0.3) is 0 Å². The zero-order valence-corrected chi connectivity index (χ0v) is 14.1. The summed E-state index contributed by atoms with van der Waals surface area (Å²) >= 11 is 0. The first-order valence-electron chi connectivity index (χ1n) is 9.06. The van der Waals surface area contributed by atoms with Crippen LogP contribution in [0.25, 0.3) is 0 Å². The highest BCUT2D eigenvalue weighted by molar-refractivity contribution is 6.09. The molecule has 3 heteroatoms. The zero-order chi connectivity index (χ0) is 16.1. The van der Waals surface area contributed by atoms with Crippen molar-refractivity contribution in [2.75, 3.05) is 0 Å². The number of carbonyl (C=O) groups excluding carboxylic acids is 3. The van der Waals surface area contributed by atoms with E-state index in [1.807, 2.05) is 0 Å². The van der Waals surface area contributed by atoms with Gasteiger partial charge in [0.15, 0.2) is 5.78 Å². The fourth-order valence-corrected chi connectivity index (χ4v) is 4.52. The molecule has 0 bridgehead atoms. The Balaban J connectivity index is 1.89. The Morgan fingerprint density at radius 2 is 1.73 bits per heavy atom. The van der Waals surface area contributed by atoms with Gasteiger partial charge in [0.1, 0.15) is 11.6 Å². The zero-order valence-electron chi connectivity index (χ0n) is 14.1. The van der Waals surface area contributed by atoms with Gasteiger partial charge in [0, 0.05) is 6.42 Å². The molecule has 0 radical (unpaired) electrons. The third-order valence-corrected chi connectivity index (χ3v) is 5.76. The summed E-state index contributed by atoms with van der Waals surface area (Å²) in [6.07, 6.45) is 9.89. The van der Waals surface area contributed by atoms with Gasteiger partial charge in [0.2, 0.25) is 0 Å². The quantitative estimate of drug-likeness (QED) is 0.693. The summed E-state index contributed by atoms with van der Waals surface area (Å²) in [5, 5.41) is 0. The van der Waals surface area contributed by atoms with Crippen molar-refractivity contribution in [3.05, 3.63) is 0 Å². The molecule has 0 heterocycles. The van der Waals surface area contributed by atoms with Crippen LogP contribution in [0.15, 0.2) is 0 Å². The first-order chi connectivity index (χ1) is 10.5. The van der Waals surface area contributed by atoms with Gasteiger partial charge in [0.05, 0.1) is 12.3 Å². The summed E-state index contributed by atoms with van der Waals surface area (Å²) in [6.45, 7) is 3.68. The largest absolute Gasteiger partial charge is 0.300 e. The molecule has 0 saturated heterocycles. The molecule has 2 rings (SSSR count). The van der Waals surface area contributed by atoms with Crippen LogP contribution in [0, 0.1) is 23.7 Å². The van der Waals surface area contributed by atoms with E-state index >= 15 is 0 Å². The van der Waals surface area contributed by atoms with Gasteiger partial charge in [-0.15, -0.1) is 0 Å². The summed E-state index contributed by atoms with van der Waals surface area (Å²) in [5.41, 5.74) is 0. The predicted octanol–water partition coefficient (Wildman–Crippen LogP) is 4.13. The minimum Gasteiger partial charge on any atom is -0.300 e. The molecule has 0 N–H and O–H groups in total. The van der Waals surface area contributed by atoms with Crippen molar-refractivity contribution in [3.8, 4) is 0 Å². The maximum Gasteiger partial charge on any atom is 0.150 e. The normalized spacial score (nSPS) is 32.7. The maximum absolute atomic E-state index is 12.1. The van der Waals surface area contributed by atoms with E-state index in [4.69, 9.17) is 0 Å². The van der Waals surface area contributed by atoms with Gasteiger partial charge < -0.3 is 0 Å². The Bertz CT molecular complexity index is 418. The first-order valence-corrected chi connectivity index (χ1v) is 9.06. The van der Waals surface area contributed by atoms with Crippen LogP contribution < -0.4 is 0 Å². The van der Waals surface area contributed by atoms with Gasteiger partial charge >= 0.3 is 0 Å².